The largest absolute Gasteiger partial charge is 0.391 e. The Kier molecular flexibility index (Phi) is 4.35. The third kappa shape index (κ3) is 3.51. The Morgan fingerprint density at radius 2 is 2.06 bits per heavy atom. The van der Waals surface area contributed by atoms with E-state index in [-0.39, 0.29) is 23.0 Å². The van der Waals surface area contributed by atoms with Crippen LogP contribution in [0.2, 0.25) is 0 Å². The maximum absolute atomic E-state index is 12.1. The van der Waals surface area contributed by atoms with Crippen molar-refractivity contribution in [3.8, 4) is 0 Å². The average molecular weight is 277 g/mol. The van der Waals surface area contributed by atoms with E-state index in [0.29, 0.717) is 4.88 Å². The summed E-state index contributed by atoms with van der Waals surface area (Å²) in [6, 6.07) is 1.34. The fourth-order valence-corrected chi connectivity index (χ4v) is 3.90. The van der Waals surface area contributed by atoms with E-state index in [4.69, 9.17) is 5.11 Å². The van der Waals surface area contributed by atoms with Crippen LogP contribution in [0.3, 0.4) is 0 Å². The van der Waals surface area contributed by atoms with Crippen molar-refractivity contribution in [3.05, 3.63) is 16.3 Å². The number of aliphatic hydroxyl groups excluding tert-OH is 1. The molecule has 0 fully saturated rings. The van der Waals surface area contributed by atoms with Crippen LogP contribution in [-0.4, -0.2) is 19.6 Å². The number of rotatable bonds is 4. The van der Waals surface area contributed by atoms with Crippen LogP contribution in [0.5, 0.6) is 0 Å². The molecule has 1 aromatic heterocycles. The maximum Gasteiger partial charge on any atom is 0.242 e. The molecule has 0 radical (unpaired) electrons. The van der Waals surface area contributed by atoms with E-state index >= 15 is 0 Å². The fourth-order valence-electron chi connectivity index (χ4n) is 1.16. The first kappa shape index (κ1) is 14.6. The normalized spacial score (nSPS) is 14.9. The van der Waals surface area contributed by atoms with Gasteiger partial charge in [-0.2, -0.15) is 0 Å². The van der Waals surface area contributed by atoms with E-state index in [1.165, 1.54) is 17.4 Å². The highest BCUT2D eigenvalue weighted by atomic mass is 32.2. The Balaban J connectivity index is 2.98. The molecule has 0 aromatic carbocycles. The first-order valence-corrected chi connectivity index (χ1v) is 7.74. The second-order valence-corrected chi connectivity index (χ2v) is 7.76. The second-order valence-electron chi connectivity index (χ2n) is 5.08. The van der Waals surface area contributed by atoms with Gasteiger partial charge in [-0.3, -0.25) is 0 Å². The van der Waals surface area contributed by atoms with Gasteiger partial charge in [-0.15, -0.1) is 11.3 Å². The Morgan fingerprint density at radius 3 is 2.53 bits per heavy atom. The molecule has 1 unspecified atom stereocenters. The van der Waals surface area contributed by atoms with Crippen LogP contribution in [0.1, 0.15) is 32.6 Å². The van der Waals surface area contributed by atoms with E-state index in [9.17, 15) is 8.42 Å². The summed E-state index contributed by atoms with van der Waals surface area (Å²) in [5.74, 6) is 0. The van der Waals surface area contributed by atoms with Crippen LogP contribution in [0, 0.1) is 5.41 Å². The molecular weight excluding hydrogens is 258 g/mol. The van der Waals surface area contributed by atoms with Gasteiger partial charge in [0.2, 0.25) is 10.0 Å². The van der Waals surface area contributed by atoms with Crippen molar-refractivity contribution in [3.63, 3.8) is 0 Å². The molecule has 6 heteroatoms. The van der Waals surface area contributed by atoms with E-state index in [1.54, 1.807) is 5.38 Å². The van der Waals surface area contributed by atoms with Gasteiger partial charge in [-0.25, -0.2) is 13.1 Å². The molecule has 0 amide bonds. The molecule has 0 spiro atoms. The molecule has 0 bridgehead atoms. The quantitative estimate of drug-likeness (QED) is 0.884. The lowest BCUT2D eigenvalue weighted by Gasteiger charge is -2.27. The van der Waals surface area contributed by atoms with Crippen molar-refractivity contribution >= 4 is 21.4 Å². The number of sulfonamides is 1. The van der Waals surface area contributed by atoms with E-state index in [2.05, 4.69) is 4.72 Å². The van der Waals surface area contributed by atoms with Gasteiger partial charge < -0.3 is 5.11 Å². The molecule has 0 aliphatic rings. The summed E-state index contributed by atoms with van der Waals surface area (Å²) >= 11 is 1.24. The topological polar surface area (TPSA) is 66.4 Å². The second kappa shape index (κ2) is 5.06. The molecule has 98 valence electrons. The van der Waals surface area contributed by atoms with Gasteiger partial charge in [0.25, 0.3) is 0 Å². The van der Waals surface area contributed by atoms with Crippen molar-refractivity contribution < 1.29 is 13.5 Å². The van der Waals surface area contributed by atoms with Crippen molar-refractivity contribution in [2.24, 2.45) is 5.41 Å². The lowest BCUT2D eigenvalue weighted by Crippen LogP contribution is -2.41. The van der Waals surface area contributed by atoms with Crippen molar-refractivity contribution in [2.75, 3.05) is 0 Å². The van der Waals surface area contributed by atoms with E-state index < -0.39 is 10.0 Å². The Morgan fingerprint density at radius 1 is 1.47 bits per heavy atom. The van der Waals surface area contributed by atoms with Gasteiger partial charge in [0, 0.05) is 10.9 Å². The molecule has 0 saturated carbocycles. The monoisotopic (exact) mass is 277 g/mol. The van der Waals surface area contributed by atoms with Gasteiger partial charge in [-0.05, 0) is 23.8 Å². The highest BCUT2D eigenvalue weighted by molar-refractivity contribution is 7.89. The summed E-state index contributed by atoms with van der Waals surface area (Å²) in [6.07, 6.45) is 0. The zero-order valence-corrected chi connectivity index (χ0v) is 12.2. The molecule has 1 heterocycles. The average Bonchev–Trinajstić information content (AvgIpc) is 2.63. The smallest absolute Gasteiger partial charge is 0.242 e. The van der Waals surface area contributed by atoms with Crippen LogP contribution >= 0.6 is 11.3 Å². The van der Waals surface area contributed by atoms with Crippen LogP contribution in [0.25, 0.3) is 0 Å². The predicted octanol–water partition coefficient (Wildman–Crippen LogP) is 1.95. The highest BCUT2D eigenvalue weighted by Gasteiger charge is 2.27. The maximum atomic E-state index is 12.1. The Labute approximate surface area is 107 Å². The van der Waals surface area contributed by atoms with Gasteiger partial charge in [0.1, 0.15) is 0 Å². The van der Waals surface area contributed by atoms with E-state index in [0.717, 1.165) is 0 Å². The summed E-state index contributed by atoms with van der Waals surface area (Å²) in [4.78, 5) is 0.653. The lowest BCUT2D eigenvalue weighted by atomic mass is 9.89. The zero-order valence-electron chi connectivity index (χ0n) is 10.5. The SMILES string of the molecule is CC(NS(=O)(=O)c1ccsc1CO)C(C)(C)C. The van der Waals surface area contributed by atoms with E-state index in [1.807, 2.05) is 27.7 Å². The van der Waals surface area contributed by atoms with Crippen molar-refractivity contribution in [1.29, 1.82) is 0 Å². The number of thiophene rings is 1. The summed E-state index contributed by atoms with van der Waals surface area (Å²) in [6.45, 7) is 7.50. The minimum atomic E-state index is -3.54. The molecule has 2 N–H and O–H groups in total. The van der Waals surface area contributed by atoms with Crippen LogP contribution in [-0.2, 0) is 16.6 Å². The molecule has 17 heavy (non-hydrogen) atoms. The van der Waals surface area contributed by atoms with Gasteiger partial charge >= 0.3 is 0 Å². The molecule has 0 aliphatic heterocycles. The first-order valence-electron chi connectivity index (χ1n) is 5.38. The van der Waals surface area contributed by atoms with Crippen LogP contribution < -0.4 is 4.72 Å². The Hall–Kier alpha value is -0.430. The minimum absolute atomic E-state index is 0.150. The van der Waals surface area contributed by atoms with Crippen LogP contribution in [0.15, 0.2) is 16.3 Å². The minimum Gasteiger partial charge on any atom is -0.391 e. The molecule has 1 atom stereocenters. The summed E-state index contributed by atoms with van der Waals surface area (Å²) in [7, 11) is -3.54. The number of nitrogens with one attached hydrogen (secondary N) is 1. The fraction of sp³-hybridized carbons (Fsp3) is 0.636. The molecule has 0 saturated heterocycles. The predicted molar refractivity (Wildman–Crippen MR) is 69.5 cm³/mol. The van der Waals surface area contributed by atoms with Gasteiger partial charge in [0.15, 0.2) is 0 Å². The third-order valence-electron chi connectivity index (χ3n) is 2.77. The highest BCUT2D eigenvalue weighted by Crippen LogP contribution is 2.25. The number of hydrogen-bond acceptors (Lipinski definition) is 4. The zero-order chi connectivity index (χ0) is 13.3. The first-order chi connectivity index (χ1) is 7.68. The standard InChI is InChI=1S/C11H19NO3S2/c1-8(11(2,3)4)12-17(14,15)10-5-6-16-9(10)7-13/h5-6,8,12-13H,7H2,1-4H3. The summed E-state index contributed by atoms with van der Waals surface area (Å²) in [5, 5.41) is 10.8. The van der Waals surface area contributed by atoms with Gasteiger partial charge in [-0.1, -0.05) is 20.8 Å². The number of aliphatic hydroxyl groups is 1. The third-order valence-corrected chi connectivity index (χ3v) is 5.43. The number of hydrogen-bond donors (Lipinski definition) is 2. The molecule has 1 aromatic rings. The Bertz CT molecular complexity index is 471. The summed E-state index contributed by atoms with van der Waals surface area (Å²) in [5.41, 5.74) is -0.150. The van der Waals surface area contributed by atoms with Crippen LogP contribution in [0.4, 0.5) is 0 Å². The molecule has 0 aliphatic carbocycles. The molecule has 4 nitrogen and oxygen atoms in total. The van der Waals surface area contributed by atoms with Crippen molar-refractivity contribution in [1.82, 2.24) is 4.72 Å². The van der Waals surface area contributed by atoms with Gasteiger partial charge in [0.05, 0.1) is 11.5 Å². The van der Waals surface area contributed by atoms with Crippen molar-refractivity contribution in [2.45, 2.75) is 45.2 Å². The molecule has 1 rings (SSSR count). The molecular formula is C11H19NO3S2. The lowest BCUT2D eigenvalue weighted by molar-refractivity contribution is 0.282. The summed E-state index contributed by atoms with van der Waals surface area (Å²) < 4.78 is 26.9.